The molecule has 1 unspecified atom stereocenters. The van der Waals surface area contributed by atoms with Crippen molar-refractivity contribution in [3.8, 4) is 0 Å². The molecule has 25 heavy (non-hydrogen) atoms. The first-order valence-corrected chi connectivity index (χ1v) is 8.26. The number of hydrogen-bond donors (Lipinski definition) is 2. The van der Waals surface area contributed by atoms with Crippen molar-refractivity contribution in [1.82, 2.24) is 15.5 Å². The van der Waals surface area contributed by atoms with Crippen LogP contribution in [0, 0.1) is 5.82 Å². The first kappa shape index (κ1) is 19.3. The summed E-state index contributed by atoms with van der Waals surface area (Å²) in [6.45, 7) is 1.58. The molecule has 136 valence electrons. The van der Waals surface area contributed by atoms with E-state index >= 15 is 0 Å². The Balaban J connectivity index is 1.88. The lowest BCUT2D eigenvalue weighted by atomic mass is 10.2. The lowest BCUT2D eigenvalue weighted by molar-refractivity contribution is -0.126. The fraction of sp³-hybridized carbons (Fsp3) is 0.438. The fourth-order valence-electron chi connectivity index (χ4n) is 2.43. The van der Waals surface area contributed by atoms with Crippen LogP contribution in [0.5, 0.6) is 0 Å². The van der Waals surface area contributed by atoms with Crippen molar-refractivity contribution >= 4 is 29.7 Å². The summed E-state index contributed by atoms with van der Waals surface area (Å²) in [5.74, 6) is -1.41. The Labute approximate surface area is 149 Å². The number of aldehydes is 1. The standard InChI is InChI=1S/C16H19ClFN3O4/c17-7-14(23)20-15-9-21(5-6-25-15)8-13(10-22)19-16(24)11-1-3-12(18)4-2-11/h1-4,10,13,15H,5-9H2,(H,19,24)(H,20,23)/t13-,15?/m0/s1. The summed E-state index contributed by atoms with van der Waals surface area (Å²) < 4.78 is 18.3. The minimum Gasteiger partial charge on any atom is -0.356 e. The van der Waals surface area contributed by atoms with E-state index in [1.807, 2.05) is 4.90 Å². The summed E-state index contributed by atoms with van der Waals surface area (Å²) in [7, 11) is 0. The first-order chi connectivity index (χ1) is 12.0. The minimum absolute atomic E-state index is 0.162. The summed E-state index contributed by atoms with van der Waals surface area (Å²) in [5, 5.41) is 5.21. The molecule has 1 heterocycles. The Morgan fingerprint density at radius 2 is 2.12 bits per heavy atom. The second-order valence-electron chi connectivity index (χ2n) is 5.54. The molecule has 2 N–H and O–H groups in total. The van der Waals surface area contributed by atoms with Gasteiger partial charge in [-0.15, -0.1) is 11.6 Å². The second kappa shape index (κ2) is 9.45. The van der Waals surface area contributed by atoms with Crippen LogP contribution in [0.1, 0.15) is 10.4 Å². The van der Waals surface area contributed by atoms with Crippen LogP contribution >= 0.6 is 11.6 Å². The largest absolute Gasteiger partial charge is 0.356 e. The molecule has 0 saturated carbocycles. The lowest BCUT2D eigenvalue weighted by Gasteiger charge is -2.34. The van der Waals surface area contributed by atoms with Gasteiger partial charge >= 0.3 is 0 Å². The molecule has 0 aromatic heterocycles. The van der Waals surface area contributed by atoms with E-state index in [0.29, 0.717) is 26.0 Å². The topological polar surface area (TPSA) is 87.7 Å². The van der Waals surface area contributed by atoms with Crippen LogP contribution in [0.25, 0.3) is 0 Å². The number of morpholine rings is 1. The molecule has 1 aromatic carbocycles. The van der Waals surface area contributed by atoms with Crippen LogP contribution in [0.2, 0.25) is 0 Å². The molecule has 1 aliphatic rings. The highest BCUT2D eigenvalue weighted by Gasteiger charge is 2.24. The molecule has 0 bridgehead atoms. The number of rotatable bonds is 7. The highest BCUT2D eigenvalue weighted by atomic mass is 35.5. The number of hydrogen-bond acceptors (Lipinski definition) is 5. The number of nitrogens with zero attached hydrogens (tertiary/aromatic N) is 1. The molecule has 2 atom stereocenters. The monoisotopic (exact) mass is 371 g/mol. The van der Waals surface area contributed by atoms with Crippen LogP contribution in [0.4, 0.5) is 4.39 Å². The van der Waals surface area contributed by atoms with E-state index in [-0.39, 0.29) is 23.9 Å². The number of halogens is 2. The molecular formula is C16H19ClFN3O4. The first-order valence-electron chi connectivity index (χ1n) is 7.73. The van der Waals surface area contributed by atoms with Gasteiger partial charge in [0.1, 0.15) is 24.2 Å². The third-order valence-corrected chi connectivity index (χ3v) is 3.88. The predicted molar refractivity (Wildman–Crippen MR) is 88.8 cm³/mol. The van der Waals surface area contributed by atoms with Crippen molar-refractivity contribution in [2.45, 2.75) is 12.3 Å². The van der Waals surface area contributed by atoms with Crippen molar-refractivity contribution < 1.29 is 23.5 Å². The Bertz CT molecular complexity index is 614. The zero-order chi connectivity index (χ0) is 18.2. The highest BCUT2D eigenvalue weighted by molar-refractivity contribution is 6.27. The Morgan fingerprint density at radius 3 is 2.76 bits per heavy atom. The van der Waals surface area contributed by atoms with Crippen molar-refractivity contribution in [2.75, 3.05) is 32.1 Å². The number of benzene rings is 1. The molecule has 1 fully saturated rings. The van der Waals surface area contributed by atoms with Crippen molar-refractivity contribution in [2.24, 2.45) is 0 Å². The fourth-order valence-corrected chi connectivity index (χ4v) is 2.50. The van der Waals surface area contributed by atoms with E-state index in [2.05, 4.69) is 10.6 Å². The second-order valence-corrected chi connectivity index (χ2v) is 5.81. The summed E-state index contributed by atoms with van der Waals surface area (Å²) >= 11 is 5.44. The number of amides is 2. The van der Waals surface area contributed by atoms with Gasteiger partial charge in [0.2, 0.25) is 5.91 Å². The maximum absolute atomic E-state index is 12.9. The predicted octanol–water partition coefficient (Wildman–Crippen LogP) is 0.136. The SMILES string of the molecule is O=C[C@H](CN1CCOC(NC(=O)CCl)C1)NC(=O)c1ccc(F)cc1. The zero-order valence-electron chi connectivity index (χ0n) is 13.4. The molecular weight excluding hydrogens is 353 g/mol. The van der Waals surface area contributed by atoms with Gasteiger partial charge in [-0.05, 0) is 24.3 Å². The Morgan fingerprint density at radius 1 is 1.40 bits per heavy atom. The summed E-state index contributed by atoms with van der Waals surface area (Å²) in [6.07, 6.45) is 0.128. The van der Waals surface area contributed by atoms with E-state index in [1.165, 1.54) is 24.3 Å². The summed E-state index contributed by atoms with van der Waals surface area (Å²) in [5.41, 5.74) is 0.266. The van der Waals surface area contributed by atoms with E-state index in [1.54, 1.807) is 0 Å². The number of alkyl halides is 1. The quantitative estimate of drug-likeness (QED) is 0.525. The maximum atomic E-state index is 12.9. The molecule has 1 aromatic rings. The van der Waals surface area contributed by atoms with E-state index in [9.17, 15) is 18.8 Å². The van der Waals surface area contributed by atoms with Gasteiger partial charge in [-0.3, -0.25) is 14.5 Å². The van der Waals surface area contributed by atoms with E-state index < -0.39 is 24.0 Å². The number of carbonyl (C=O) groups excluding carboxylic acids is 3. The number of ether oxygens (including phenoxy) is 1. The Hall–Kier alpha value is -2.03. The van der Waals surface area contributed by atoms with Gasteiger partial charge in [-0.1, -0.05) is 0 Å². The molecule has 2 rings (SSSR count). The molecule has 7 nitrogen and oxygen atoms in total. The zero-order valence-corrected chi connectivity index (χ0v) is 14.2. The van der Waals surface area contributed by atoms with Crippen LogP contribution in [0.3, 0.4) is 0 Å². The van der Waals surface area contributed by atoms with Gasteiger partial charge < -0.3 is 20.2 Å². The minimum atomic E-state index is -0.736. The summed E-state index contributed by atoms with van der Waals surface area (Å²) in [4.78, 5) is 36.6. The van der Waals surface area contributed by atoms with Crippen LogP contribution in [-0.2, 0) is 14.3 Å². The van der Waals surface area contributed by atoms with Crippen LogP contribution < -0.4 is 10.6 Å². The molecule has 0 radical (unpaired) electrons. The summed E-state index contributed by atoms with van der Waals surface area (Å²) in [6, 6.07) is 4.31. The average molecular weight is 372 g/mol. The van der Waals surface area contributed by atoms with E-state index in [0.717, 1.165) is 0 Å². The molecule has 0 spiro atoms. The third-order valence-electron chi connectivity index (χ3n) is 3.64. The van der Waals surface area contributed by atoms with Crippen molar-refractivity contribution in [1.29, 1.82) is 0 Å². The lowest BCUT2D eigenvalue weighted by Crippen LogP contribution is -2.54. The van der Waals surface area contributed by atoms with Gasteiger partial charge in [-0.2, -0.15) is 0 Å². The van der Waals surface area contributed by atoms with Gasteiger partial charge in [-0.25, -0.2) is 4.39 Å². The maximum Gasteiger partial charge on any atom is 0.251 e. The molecule has 2 amide bonds. The smallest absolute Gasteiger partial charge is 0.251 e. The van der Waals surface area contributed by atoms with Crippen LogP contribution in [0.15, 0.2) is 24.3 Å². The number of nitrogens with one attached hydrogen (secondary N) is 2. The van der Waals surface area contributed by atoms with Crippen molar-refractivity contribution in [3.63, 3.8) is 0 Å². The van der Waals surface area contributed by atoms with E-state index in [4.69, 9.17) is 16.3 Å². The highest BCUT2D eigenvalue weighted by Crippen LogP contribution is 2.06. The average Bonchev–Trinajstić information content (AvgIpc) is 2.61. The normalized spacial score (nSPS) is 19.0. The Kier molecular flexibility index (Phi) is 7.30. The molecule has 1 aliphatic heterocycles. The number of carbonyl (C=O) groups is 3. The molecule has 1 saturated heterocycles. The van der Waals surface area contributed by atoms with Crippen molar-refractivity contribution in [3.05, 3.63) is 35.6 Å². The molecule has 0 aliphatic carbocycles. The van der Waals surface area contributed by atoms with Gasteiger partial charge in [0.15, 0.2) is 0 Å². The van der Waals surface area contributed by atoms with Gasteiger partial charge in [0, 0.05) is 25.2 Å². The third kappa shape index (κ3) is 6.08. The van der Waals surface area contributed by atoms with Crippen LogP contribution in [-0.4, -0.2) is 67.4 Å². The van der Waals surface area contributed by atoms with Gasteiger partial charge in [0.05, 0.1) is 12.6 Å². The van der Waals surface area contributed by atoms with Gasteiger partial charge in [0.25, 0.3) is 5.91 Å². The molecule has 9 heteroatoms.